The summed E-state index contributed by atoms with van der Waals surface area (Å²) < 4.78 is 0. The molecule has 31 heavy (non-hydrogen) atoms. The van der Waals surface area contributed by atoms with E-state index in [4.69, 9.17) is 11.6 Å². The van der Waals surface area contributed by atoms with E-state index in [0.29, 0.717) is 23.7 Å². The van der Waals surface area contributed by atoms with Gasteiger partial charge in [0.25, 0.3) is 5.91 Å². The minimum absolute atomic E-state index is 0.0252. The molecule has 0 fully saturated rings. The number of H-pyrrole nitrogens is 1. The molecule has 2 heterocycles. The molecule has 0 saturated carbocycles. The smallest absolute Gasteiger partial charge is 0.251 e. The minimum atomic E-state index is -0.578. The zero-order chi connectivity index (χ0) is 22.0. The number of hydrogen-bond donors (Lipinski definition) is 2. The second-order valence-electron chi connectivity index (χ2n) is 8.21. The molecule has 0 radical (unpaired) electrons. The number of nitrogens with one attached hydrogen (secondary N) is 2. The second-order valence-corrected chi connectivity index (χ2v) is 8.65. The molecule has 0 spiro atoms. The zero-order valence-corrected chi connectivity index (χ0v) is 18.4. The molecule has 0 bridgehead atoms. The van der Waals surface area contributed by atoms with Gasteiger partial charge in [0.2, 0.25) is 5.91 Å². The standard InChI is InChI=1S/C25H26ClN3O2/c1-16(2)23(28-24(30)18-7-9-19(26)10-8-18)25(31)29-13-11-17(12-14-29)21-15-27-22-6-4-3-5-20(21)22/h3-11,15-16,23,27H,12-14H2,1-2H3,(H,28,30)/t23-/m1/s1. The number of rotatable bonds is 5. The Bertz CT molecular complexity index is 1130. The maximum absolute atomic E-state index is 13.2. The quantitative estimate of drug-likeness (QED) is 0.599. The highest BCUT2D eigenvalue weighted by molar-refractivity contribution is 6.30. The molecule has 160 valence electrons. The number of carbonyl (C=O) groups excluding carboxylic acids is 2. The highest BCUT2D eigenvalue weighted by Gasteiger charge is 2.30. The summed E-state index contributed by atoms with van der Waals surface area (Å²) in [7, 11) is 0. The van der Waals surface area contributed by atoms with E-state index in [1.54, 1.807) is 24.3 Å². The number of nitrogens with zero attached hydrogens (tertiary/aromatic N) is 1. The Morgan fingerprint density at radius 1 is 1.10 bits per heavy atom. The third-order valence-electron chi connectivity index (χ3n) is 5.78. The summed E-state index contributed by atoms with van der Waals surface area (Å²) in [5.41, 5.74) is 4.04. The lowest BCUT2D eigenvalue weighted by Gasteiger charge is -2.32. The lowest BCUT2D eigenvalue weighted by molar-refractivity contribution is -0.133. The molecule has 2 amide bonds. The number of para-hydroxylation sites is 1. The first-order valence-corrected chi connectivity index (χ1v) is 10.9. The Morgan fingerprint density at radius 2 is 1.84 bits per heavy atom. The van der Waals surface area contributed by atoms with Gasteiger partial charge in [-0.2, -0.15) is 0 Å². The van der Waals surface area contributed by atoms with Crippen LogP contribution < -0.4 is 5.32 Å². The van der Waals surface area contributed by atoms with Gasteiger partial charge < -0.3 is 15.2 Å². The highest BCUT2D eigenvalue weighted by Crippen LogP contribution is 2.29. The van der Waals surface area contributed by atoms with E-state index in [0.717, 1.165) is 11.9 Å². The van der Waals surface area contributed by atoms with Gasteiger partial charge in [0.1, 0.15) is 6.04 Å². The Balaban J connectivity index is 1.46. The van der Waals surface area contributed by atoms with Crippen LogP contribution in [0.2, 0.25) is 5.02 Å². The van der Waals surface area contributed by atoms with Crippen LogP contribution in [0.25, 0.3) is 16.5 Å². The average Bonchev–Trinajstić information content (AvgIpc) is 3.21. The van der Waals surface area contributed by atoms with Crippen molar-refractivity contribution in [3.63, 3.8) is 0 Å². The largest absolute Gasteiger partial charge is 0.361 e. The number of aromatic nitrogens is 1. The molecule has 1 aromatic heterocycles. The third kappa shape index (κ3) is 4.52. The number of amides is 2. The maximum atomic E-state index is 13.2. The zero-order valence-electron chi connectivity index (χ0n) is 17.7. The van der Waals surface area contributed by atoms with Crippen LogP contribution in [0.4, 0.5) is 0 Å². The molecule has 0 saturated heterocycles. The Labute approximate surface area is 187 Å². The summed E-state index contributed by atoms with van der Waals surface area (Å²) in [6, 6.07) is 14.3. The van der Waals surface area contributed by atoms with Crippen molar-refractivity contribution in [3.05, 3.63) is 77.0 Å². The fourth-order valence-corrected chi connectivity index (χ4v) is 4.11. The summed E-state index contributed by atoms with van der Waals surface area (Å²) in [6.07, 6.45) is 4.94. The molecule has 1 aliphatic rings. The third-order valence-corrected chi connectivity index (χ3v) is 6.03. The minimum Gasteiger partial charge on any atom is -0.361 e. The summed E-state index contributed by atoms with van der Waals surface area (Å²) in [5.74, 6) is -0.343. The number of halogens is 1. The lowest BCUT2D eigenvalue weighted by atomic mass is 9.97. The average molecular weight is 436 g/mol. The predicted octanol–water partition coefficient (Wildman–Crippen LogP) is 4.89. The number of benzene rings is 2. The van der Waals surface area contributed by atoms with Gasteiger partial charge in [-0.1, -0.05) is 49.7 Å². The van der Waals surface area contributed by atoms with Crippen LogP contribution in [0, 0.1) is 5.92 Å². The van der Waals surface area contributed by atoms with E-state index in [2.05, 4.69) is 28.5 Å². The number of hydrogen-bond acceptors (Lipinski definition) is 2. The van der Waals surface area contributed by atoms with Crippen molar-refractivity contribution in [2.45, 2.75) is 26.3 Å². The number of aromatic amines is 1. The number of fused-ring (bicyclic) bond motifs is 1. The van der Waals surface area contributed by atoms with E-state index >= 15 is 0 Å². The molecule has 0 aliphatic carbocycles. The first kappa shape index (κ1) is 21.2. The van der Waals surface area contributed by atoms with E-state index in [1.807, 2.05) is 37.1 Å². The summed E-state index contributed by atoms with van der Waals surface area (Å²) in [6.45, 7) is 5.06. The summed E-state index contributed by atoms with van der Waals surface area (Å²) in [4.78, 5) is 31.0. The van der Waals surface area contributed by atoms with Gasteiger partial charge in [-0.3, -0.25) is 9.59 Å². The van der Waals surface area contributed by atoms with Gasteiger partial charge in [0.15, 0.2) is 0 Å². The van der Waals surface area contributed by atoms with Crippen LogP contribution >= 0.6 is 11.6 Å². The van der Waals surface area contributed by atoms with Gasteiger partial charge in [-0.15, -0.1) is 0 Å². The van der Waals surface area contributed by atoms with Crippen molar-refractivity contribution < 1.29 is 9.59 Å². The predicted molar refractivity (Wildman–Crippen MR) is 125 cm³/mol. The van der Waals surface area contributed by atoms with Crippen molar-refractivity contribution in [2.75, 3.05) is 13.1 Å². The van der Waals surface area contributed by atoms with Gasteiger partial charge in [0, 0.05) is 46.3 Å². The maximum Gasteiger partial charge on any atom is 0.251 e. The fraction of sp³-hybridized carbons (Fsp3) is 0.280. The van der Waals surface area contributed by atoms with Crippen LogP contribution in [0.1, 0.15) is 36.2 Å². The molecular formula is C25H26ClN3O2. The molecule has 1 aliphatic heterocycles. The fourth-order valence-electron chi connectivity index (χ4n) is 3.99. The van der Waals surface area contributed by atoms with Gasteiger partial charge >= 0.3 is 0 Å². The molecule has 2 aromatic carbocycles. The molecule has 1 atom stereocenters. The van der Waals surface area contributed by atoms with Crippen molar-refractivity contribution in [1.82, 2.24) is 15.2 Å². The van der Waals surface area contributed by atoms with Gasteiger partial charge in [-0.25, -0.2) is 0 Å². The summed E-state index contributed by atoms with van der Waals surface area (Å²) in [5, 5.41) is 4.68. The molecule has 0 unspecified atom stereocenters. The number of carbonyl (C=O) groups is 2. The SMILES string of the molecule is CC(C)[C@@H](NC(=O)c1ccc(Cl)cc1)C(=O)N1CC=C(c2c[nH]c3ccccc23)CC1. The van der Waals surface area contributed by atoms with Crippen molar-refractivity contribution in [2.24, 2.45) is 5.92 Å². The van der Waals surface area contributed by atoms with E-state index in [-0.39, 0.29) is 17.7 Å². The van der Waals surface area contributed by atoms with Crippen LogP contribution in [-0.4, -0.2) is 40.8 Å². The van der Waals surface area contributed by atoms with Crippen LogP contribution in [-0.2, 0) is 4.79 Å². The molecule has 2 N–H and O–H groups in total. The van der Waals surface area contributed by atoms with E-state index < -0.39 is 6.04 Å². The lowest BCUT2D eigenvalue weighted by Crippen LogP contribution is -2.52. The highest BCUT2D eigenvalue weighted by atomic mass is 35.5. The van der Waals surface area contributed by atoms with Crippen molar-refractivity contribution >= 4 is 39.9 Å². The van der Waals surface area contributed by atoms with Crippen molar-refractivity contribution in [1.29, 1.82) is 0 Å². The molecule has 3 aromatic rings. The normalized spacial score (nSPS) is 15.1. The Morgan fingerprint density at radius 3 is 2.52 bits per heavy atom. The summed E-state index contributed by atoms with van der Waals surface area (Å²) >= 11 is 5.91. The molecule has 6 heteroatoms. The van der Waals surface area contributed by atoms with E-state index in [1.165, 1.54) is 16.5 Å². The molecular weight excluding hydrogens is 410 g/mol. The van der Waals surface area contributed by atoms with E-state index in [9.17, 15) is 9.59 Å². The first-order valence-electron chi connectivity index (χ1n) is 10.5. The second kappa shape index (κ2) is 8.98. The topological polar surface area (TPSA) is 65.2 Å². The monoisotopic (exact) mass is 435 g/mol. The Hall–Kier alpha value is -3.05. The van der Waals surface area contributed by atoms with Crippen LogP contribution in [0.5, 0.6) is 0 Å². The molecule has 5 nitrogen and oxygen atoms in total. The van der Waals surface area contributed by atoms with Gasteiger partial charge in [-0.05, 0) is 48.2 Å². The van der Waals surface area contributed by atoms with Crippen LogP contribution in [0.15, 0.2) is 60.8 Å². The molecule has 4 rings (SSSR count). The van der Waals surface area contributed by atoms with Crippen LogP contribution in [0.3, 0.4) is 0 Å². The first-order chi connectivity index (χ1) is 14.9. The van der Waals surface area contributed by atoms with Crippen molar-refractivity contribution in [3.8, 4) is 0 Å². The Kier molecular flexibility index (Phi) is 6.14. The van der Waals surface area contributed by atoms with Gasteiger partial charge in [0.05, 0.1) is 0 Å².